The van der Waals surface area contributed by atoms with Crippen LogP contribution in [0.5, 0.6) is 0 Å². The molecule has 0 unspecified atom stereocenters. The molecule has 2 aromatic rings. The van der Waals surface area contributed by atoms with E-state index < -0.39 is 5.82 Å². The van der Waals surface area contributed by atoms with E-state index >= 15 is 0 Å². The number of hydrogen-bond acceptors (Lipinski definition) is 5. The summed E-state index contributed by atoms with van der Waals surface area (Å²) in [4.78, 5) is 15.9. The van der Waals surface area contributed by atoms with Gasteiger partial charge in [0.25, 0.3) is 0 Å². The van der Waals surface area contributed by atoms with Gasteiger partial charge in [-0.3, -0.25) is 4.79 Å². The van der Waals surface area contributed by atoms with Gasteiger partial charge in [-0.2, -0.15) is 4.37 Å². The van der Waals surface area contributed by atoms with Gasteiger partial charge in [-0.25, -0.2) is 9.37 Å². The van der Waals surface area contributed by atoms with Gasteiger partial charge >= 0.3 is 0 Å². The maximum absolute atomic E-state index is 13.3. The predicted molar refractivity (Wildman–Crippen MR) is 66.1 cm³/mol. The first-order chi connectivity index (χ1) is 8.16. The molecule has 0 aliphatic carbocycles. The summed E-state index contributed by atoms with van der Waals surface area (Å²) >= 11 is 2.53. The third kappa shape index (κ3) is 3.10. The fraction of sp³-hybridized carbons (Fsp3) is 0.182. The molecule has 3 nitrogen and oxygen atoms in total. The number of thioether (sulfide) groups is 1. The Morgan fingerprint density at radius 1 is 1.47 bits per heavy atom. The van der Waals surface area contributed by atoms with Crippen LogP contribution in [0.15, 0.2) is 28.6 Å². The van der Waals surface area contributed by atoms with Crippen molar-refractivity contribution in [1.29, 1.82) is 0 Å². The Morgan fingerprint density at radius 3 is 2.88 bits per heavy atom. The Hall–Kier alpha value is -1.27. The van der Waals surface area contributed by atoms with Gasteiger partial charge in [-0.15, -0.1) is 0 Å². The second-order valence-corrected chi connectivity index (χ2v) is 5.27. The van der Waals surface area contributed by atoms with E-state index in [9.17, 15) is 9.18 Å². The molecule has 0 aliphatic heterocycles. The fourth-order valence-corrected chi connectivity index (χ4v) is 2.76. The molecule has 6 heteroatoms. The summed E-state index contributed by atoms with van der Waals surface area (Å²) in [5.74, 6) is 0.151. The number of Topliss-reactive ketones (excluding diaryl/α,β-unsaturated/α-hetero) is 1. The lowest BCUT2D eigenvalue weighted by Gasteiger charge is -2.00. The van der Waals surface area contributed by atoms with Crippen LogP contribution in [0.2, 0.25) is 0 Å². The number of carbonyl (C=O) groups excluding carboxylic acids is 1. The first kappa shape index (κ1) is 12.2. The van der Waals surface area contributed by atoms with Crippen molar-refractivity contribution in [2.75, 3.05) is 5.75 Å². The molecule has 0 bridgehead atoms. The lowest BCUT2D eigenvalue weighted by Crippen LogP contribution is -2.04. The summed E-state index contributed by atoms with van der Waals surface area (Å²) in [5, 5.41) is 0. The van der Waals surface area contributed by atoms with Gasteiger partial charge in [0.1, 0.15) is 11.6 Å². The van der Waals surface area contributed by atoms with E-state index in [1.807, 2.05) is 0 Å². The number of hydrogen-bond donors (Lipinski definition) is 0. The molecule has 1 heterocycles. The molecule has 0 saturated heterocycles. The average Bonchev–Trinajstić information content (AvgIpc) is 2.73. The van der Waals surface area contributed by atoms with Crippen LogP contribution in [0.3, 0.4) is 0 Å². The van der Waals surface area contributed by atoms with E-state index in [1.165, 1.54) is 35.4 Å². The Morgan fingerprint density at radius 2 is 2.24 bits per heavy atom. The van der Waals surface area contributed by atoms with Crippen molar-refractivity contribution in [2.45, 2.75) is 11.3 Å². The topological polar surface area (TPSA) is 42.9 Å². The molecular weight excluding hydrogens is 259 g/mol. The van der Waals surface area contributed by atoms with E-state index in [0.29, 0.717) is 5.82 Å². The third-order valence-electron chi connectivity index (χ3n) is 2.01. The molecule has 0 amide bonds. The molecule has 2 rings (SSSR count). The lowest BCUT2D eigenvalue weighted by atomic mass is 10.1. The minimum Gasteiger partial charge on any atom is -0.293 e. The molecule has 0 aliphatic rings. The number of nitrogens with zero attached hydrogens (tertiary/aromatic N) is 2. The van der Waals surface area contributed by atoms with Crippen molar-refractivity contribution in [1.82, 2.24) is 9.36 Å². The molecule has 0 radical (unpaired) electrons. The maximum Gasteiger partial charge on any atom is 0.176 e. The highest BCUT2D eigenvalue weighted by Gasteiger charge is 2.12. The van der Waals surface area contributed by atoms with Crippen LogP contribution in [0.25, 0.3) is 0 Å². The normalized spacial score (nSPS) is 10.5. The Balaban J connectivity index is 2.01. The molecule has 17 heavy (non-hydrogen) atoms. The number of ketones is 1. The monoisotopic (exact) mass is 268 g/mol. The largest absolute Gasteiger partial charge is 0.293 e. The van der Waals surface area contributed by atoms with Crippen LogP contribution < -0.4 is 0 Å². The van der Waals surface area contributed by atoms with Crippen molar-refractivity contribution < 1.29 is 9.18 Å². The van der Waals surface area contributed by atoms with Gasteiger partial charge in [0, 0.05) is 0 Å². The van der Waals surface area contributed by atoms with Gasteiger partial charge in [0.15, 0.2) is 10.1 Å². The van der Waals surface area contributed by atoms with Crippen molar-refractivity contribution in [3.63, 3.8) is 0 Å². The average molecular weight is 268 g/mol. The molecule has 0 fully saturated rings. The van der Waals surface area contributed by atoms with Crippen LogP contribution in [-0.2, 0) is 0 Å². The molecule has 0 atom stereocenters. The van der Waals surface area contributed by atoms with Crippen LogP contribution in [-0.4, -0.2) is 20.9 Å². The highest BCUT2D eigenvalue weighted by molar-refractivity contribution is 8.01. The molecule has 0 N–H and O–H groups in total. The van der Waals surface area contributed by atoms with Gasteiger partial charge in [-0.05, 0) is 30.6 Å². The number of rotatable bonds is 4. The Kier molecular flexibility index (Phi) is 3.86. The Bertz CT molecular complexity index is 542. The van der Waals surface area contributed by atoms with Crippen molar-refractivity contribution >= 4 is 29.1 Å². The van der Waals surface area contributed by atoms with Gasteiger partial charge < -0.3 is 0 Å². The Labute approximate surface area is 106 Å². The van der Waals surface area contributed by atoms with Crippen LogP contribution in [0.1, 0.15) is 16.2 Å². The molecule has 0 spiro atoms. The van der Waals surface area contributed by atoms with E-state index in [4.69, 9.17) is 0 Å². The first-order valence-corrected chi connectivity index (χ1v) is 6.63. The minimum atomic E-state index is -0.480. The zero-order chi connectivity index (χ0) is 12.3. The number of aromatic nitrogens is 2. The van der Waals surface area contributed by atoms with Crippen LogP contribution >= 0.6 is 23.3 Å². The van der Waals surface area contributed by atoms with E-state index in [-0.39, 0.29) is 17.1 Å². The molecule has 0 saturated carbocycles. The second-order valence-electron chi connectivity index (χ2n) is 3.30. The minimum absolute atomic E-state index is 0.126. The summed E-state index contributed by atoms with van der Waals surface area (Å²) < 4.78 is 18.1. The van der Waals surface area contributed by atoms with Crippen molar-refractivity contribution in [2.24, 2.45) is 0 Å². The fourth-order valence-electron chi connectivity index (χ4n) is 1.23. The summed E-state index contributed by atoms with van der Waals surface area (Å²) in [6.45, 7) is 1.79. The zero-order valence-corrected chi connectivity index (χ0v) is 10.6. The standard InChI is InChI=1S/C11H9FN2OS2/c1-7-13-11(17-14-7)16-6-10(15)8-4-2-3-5-9(8)12/h2-5H,6H2,1H3. The lowest BCUT2D eigenvalue weighted by molar-refractivity contribution is 0.101. The van der Waals surface area contributed by atoms with E-state index in [2.05, 4.69) is 9.36 Å². The van der Waals surface area contributed by atoms with Crippen molar-refractivity contribution in [3.8, 4) is 0 Å². The second kappa shape index (κ2) is 5.37. The SMILES string of the molecule is Cc1nsc(SCC(=O)c2ccccc2F)n1. The van der Waals surface area contributed by atoms with Crippen LogP contribution in [0.4, 0.5) is 4.39 Å². The van der Waals surface area contributed by atoms with Crippen LogP contribution in [0, 0.1) is 12.7 Å². The molecular formula is C11H9FN2OS2. The predicted octanol–water partition coefficient (Wildman–Crippen LogP) is 2.96. The molecule has 1 aromatic carbocycles. The van der Waals surface area contributed by atoms with E-state index in [1.54, 1.807) is 19.1 Å². The van der Waals surface area contributed by atoms with Gasteiger partial charge in [0.2, 0.25) is 0 Å². The number of carbonyl (C=O) groups is 1. The number of aryl methyl sites for hydroxylation is 1. The summed E-state index contributed by atoms with van der Waals surface area (Å²) in [5.41, 5.74) is 0.126. The summed E-state index contributed by atoms with van der Waals surface area (Å²) in [7, 11) is 0. The molecule has 1 aromatic heterocycles. The molecule has 88 valence electrons. The summed E-state index contributed by atoms with van der Waals surface area (Å²) in [6.07, 6.45) is 0. The van der Waals surface area contributed by atoms with Crippen molar-refractivity contribution in [3.05, 3.63) is 41.5 Å². The number of benzene rings is 1. The smallest absolute Gasteiger partial charge is 0.176 e. The zero-order valence-electron chi connectivity index (χ0n) is 9.01. The highest BCUT2D eigenvalue weighted by Crippen LogP contribution is 2.21. The number of halogens is 1. The van der Waals surface area contributed by atoms with Gasteiger partial charge in [0.05, 0.1) is 11.3 Å². The third-order valence-corrected chi connectivity index (χ3v) is 3.93. The quantitative estimate of drug-likeness (QED) is 0.631. The maximum atomic E-state index is 13.3. The van der Waals surface area contributed by atoms with E-state index in [0.717, 1.165) is 4.34 Å². The highest BCUT2D eigenvalue weighted by atomic mass is 32.2. The summed E-state index contributed by atoms with van der Waals surface area (Å²) in [6, 6.07) is 5.99. The first-order valence-electron chi connectivity index (χ1n) is 4.87. The van der Waals surface area contributed by atoms with Gasteiger partial charge in [-0.1, -0.05) is 23.9 Å².